The summed E-state index contributed by atoms with van der Waals surface area (Å²) >= 11 is 6.28. The maximum absolute atomic E-state index is 6.28. The fourth-order valence-electron chi connectivity index (χ4n) is 1.91. The Kier molecular flexibility index (Phi) is 3.02. The first kappa shape index (κ1) is 11.2. The number of rotatable bonds is 1. The smallest absolute Gasteiger partial charge is 0.0487 e. The van der Waals surface area contributed by atoms with Crippen LogP contribution in [0, 0.1) is 20.8 Å². The molecule has 0 saturated heterocycles. The SMILES string of the molecule is [CH2]c1ccc(Cl)c(-c2ccccc2C)c1C. The first-order chi connectivity index (χ1) is 7.61. The molecule has 0 nitrogen and oxygen atoms in total. The van der Waals surface area contributed by atoms with Crippen molar-refractivity contribution < 1.29 is 0 Å². The minimum absolute atomic E-state index is 0.791. The number of hydrogen-bond acceptors (Lipinski definition) is 0. The zero-order valence-corrected chi connectivity index (χ0v) is 10.3. The van der Waals surface area contributed by atoms with Crippen molar-refractivity contribution in [1.29, 1.82) is 0 Å². The van der Waals surface area contributed by atoms with Crippen LogP contribution < -0.4 is 0 Å². The summed E-state index contributed by atoms with van der Waals surface area (Å²) in [4.78, 5) is 0. The lowest BCUT2D eigenvalue weighted by Crippen LogP contribution is -1.90. The van der Waals surface area contributed by atoms with E-state index in [0.29, 0.717) is 0 Å². The molecule has 1 heteroatoms. The van der Waals surface area contributed by atoms with Gasteiger partial charge < -0.3 is 0 Å². The molecule has 0 saturated carbocycles. The molecule has 2 aromatic rings. The molecule has 0 aliphatic heterocycles. The lowest BCUT2D eigenvalue weighted by Gasteiger charge is -2.13. The number of halogens is 1. The fraction of sp³-hybridized carbons (Fsp3) is 0.133. The van der Waals surface area contributed by atoms with E-state index in [-0.39, 0.29) is 0 Å². The summed E-state index contributed by atoms with van der Waals surface area (Å²) in [6.45, 7) is 8.18. The number of aryl methyl sites for hydroxylation is 1. The third kappa shape index (κ3) is 1.85. The maximum Gasteiger partial charge on any atom is 0.0487 e. The highest BCUT2D eigenvalue weighted by atomic mass is 35.5. The molecule has 0 N–H and O–H groups in total. The van der Waals surface area contributed by atoms with Gasteiger partial charge in [0.2, 0.25) is 0 Å². The van der Waals surface area contributed by atoms with Crippen molar-refractivity contribution in [2.75, 3.05) is 0 Å². The average Bonchev–Trinajstić information content (AvgIpc) is 2.27. The van der Waals surface area contributed by atoms with Gasteiger partial charge >= 0.3 is 0 Å². The van der Waals surface area contributed by atoms with Crippen molar-refractivity contribution in [3.8, 4) is 11.1 Å². The Bertz CT molecular complexity index is 527. The minimum Gasteiger partial charge on any atom is -0.0837 e. The predicted molar refractivity (Wildman–Crippen MR) is 70.8 cm³/mol. The van der Waals surface area contributed by atoms with E-state index in [0.717, 1.165) is 21.7 Å². The third-order valence-corrected chi connectivity index (χ3v) is 3.26. The summed E-state index contributed by atoms with van der Waals surface area (Å²) in [7, 11) is 0. The lowest BCUT2D eigenvalue weighted by atomic mass is 9.94. The van der Waals surface area contributed by atoms with Crippen LogP contribution in [-0.2, 0) is 0 Å². The summed E-state index contributed by atoms with van der Waals surface area (Å²) in [5, 5.41) is 0.791. The lowest BCUT2D eigenvalue weighted by molar-refractivity contribution is 1.38. The Morgan fingerprint density at radius 3 is 2.38 bits per heavy atom. The average molecular weight is 230 g/mol. The van der Waals surface area contributed by atoms with Crippen molar-refractivity contribution in [1.82, 2.24) is 0 Å². The van der Waals surface area contributed by atoms with Crippen LogP contribution >= 0.6 is 11.6 Å². The quantitative estimate of drug-likeness (QED) is 0.659. The molecule has 0 amide bonds. The highest BCUT2D eigenvalue weighted by molar-refractivity contribution is 6.33. The molecule has 0 aliphatic carbocycles. The molecular formula is C15H14Cl. The van der Waals surface area contributed by atoms with Gasteiger partial charge in [-0.3, -0.25) is 0 Å². The maximum atomic E-state index is 6.28. The molecule has 0 fully saturated rings. The van der Waals surface area contributed by atoms with Crippen molar-refractivity contribution >= 4 is 11.6 Å². The predicted octanol–water partition coefficient (Wildman–Crippen LogP) is 4.81. The monoisotopic (exact) mass is 229 g/mol. The Morgan fingerprint density at radius 1 is 1.00 bits per heavy atom. The van der Waals surface area contributed by atoms with Crippen molar-refractivity contribution in [2.24, 2.45) is 0 Å². The van der Waals surface area contributed by atoms with Crippen LogP contribution in [0.15, 0.2) is 36.4 Å². The van der Waals surface area contributed by atoms with Gasteiger partial charge in [-0.05, 0) is 49.1 Å². The van der Waals surface area contributed by atoms with E-state index in [9.17, 15) is 0 Å². The molecule has 0 aliphatic rings. The van der Waals surface area contributed by atoms with Gasteiger partial charge in [0, 0.05) is 10.6 Å². The normalized spacial score (nSPS) is 10.5. The first-order valence-electron chi connectivity index (χ1n) is 5.28. The summed E-state index contributed by atoms with van der Waals surface area (Å²) < 4.78 is 0. The van der Waals surface area contributed by atoms with E-state index in [2.05, 4.69) is 32.9 Å². The molecule has 0 heterocycles. The molecule has 0 aromatic heterocycles. The van der Waals surface area contributed by atoms with Gasteiger partial charge in [0.05, 0.1) is 0 Å². The molecule has 0 atom stereocenters. The van der Waals surface area contributed by atoms with Crippen LogP contribution in [0.1, 0.15) is 16.7 Å². The molecule has 81 valence electrons. The van der Waals surface area contributed by atoms with Crippen LogP contribution in [0.4, 0.5) is 0 Å². The second-order valence-corrected chi connectivity index (χ2v) is 4.43. The van der Waals surface area contributed by atoms with E-state index in [1.807, 2.05) is 24.3 Å². The van der Waals surface area contributed by atoms with Crippen LogP contribution in [0.5, 0.6) is 0 Å². The van der Waals surface area contributed by atoms with E-state index < -0.39 is 0 Å². The minimum atomic E-state index is 0.791. The van der Waals surface area contributed by atoms with E-state index >= 15 is 0 Å². The van der Waals surface area contributed by atoms with Gasteiger partial charge in [0.1, 0.15) is 0 Å². The zero-order chi connectivity index (χ0) is 11.7. The highest BCUT2D eigenvalue weighted by Gasteiger charge is 2.10. The largest absolute Gasteiger partial charge is 0.0837 e. The summed E-state index contributed by atoms with van der Waals surface area (Å²) in [5.74, 6) is 0. The number of hydrogen-bond donors (Lipinski definition) is 0. The molecule has 0 unspecified atom stereocenters. The zero-order valence-electron chi connectivity index (χ0n) is 9.55. The first-order valence-corrected chi connectivity index (χ1v) is 5.66. The van der Waals surface area contributed by atoms with E-state index in [4.69, 9.17) is 11.6 Å². The van der Waals surface area contributed by atoms with Crippen LogP contribution in [0.2, 0.25) is 5.02 Å². The molecular weight excluding hydrogens is 216 g/mol. The van der Waals surface area contributed by atoms with Crippen molar-refractivity contribution in [3.05, 3.63) is 65.0 Å². The Morgan fingerprint density at radius 2 is 1.69 bits per heavy atom. The highest BCUT2D eigenvalue weighted by Crippen LogP contribution is 2.34. The van der Waals surface area contributed by atoms with Gasteiger partial charge in [-0.15, -0.1) is 0 Å². The standard InChI is InChI=1S/C15H14Cl/c1-10-8-9-14(16)15(12(10)3)13-7-5-4-6-11(13)2/h4-9H,1H2,2-3H3. The van der Waals surface area contributed by atoms with Crippen LogP contribution in [0.25, 0.3) is 11.1 Å². The Balaban J connectivity index is 2.74. The third-order valence-electron chi connectivity index (χ3n) is 2.94. The second kappa shape index (κ2) is 4.31. The summed E-state index contributed by atoms with van der Waals surface area (Å²) in [6.07, 6.45) is 0. The molecule has 1 radical (unpaired) electrons. The topological polar surface area (TPSA) is 0 Å². The van der Waals surface area contributed by atoms with Gasteiger partial charge in [0.15, 0.2) is 0 Å². The summed E-state index contributed by atoms with van der Waals surface area (Å²) in [5.41, 5.74) is 5.71. The summed E-state index contributed by atoms with van der Waals surface area (Å²) in [6, 6.07) is 12.1. The fourth-order valence-corrected chi connectivity index (χ4v) is 2.21. The van der Waals surface area contributed by atoms with Crippen LogP contribution in [-0.4, -0.2) is 0 Å². The Labute approximate surface area is 102 Å². The van der Waals surface area contributed by atoms with Crippen LogP contribution in [0.3, 0.4) is 0 Å². The van der Waals surface area contributed by atoms with E-state index in [1.165, 1.54) is 11.1 Å². The number of benzene rings is 2. The molecule has 0 bridgehead atoms. The van der Waals surface area contributed by atoms with Crippen molar-refractivity contribution in [3.63, 3.8) is 0 Å². The Hall–Kier alpha value is -1.27. The second-order valence-electron chi connectivity index (χ2n) is 4.02. The van der Waals surface area contributed by atoms with Gasteiger partial charge in [-0.2, -0.15) is 0 Å². The molecule has 2 aromatic carbocycles. The molecule has 2 rings (SSSR count). The van der Waals surface area contributed by atoms with Gasteiger partial charge in [-0.25, -0.2) is 0 Å². The molecule has 16 heavy (non-hydrogen) atoms. The molecule has 0 spiro atoms. The van der Waals surface area contributed by atoms with Gasteiger partial charge in [0.25, 0.3) is 0 Å². The van der Waals surface area contributed by atoms with E-state index in [1.54, 1.807) is 0 Å². The van der Waals surface area contributed by atoms with Gasteiger partial charge in [-0.1, -0.05) is 41.9 Å². The van der Waals surface area contributed by atoms with Crippen molar-refractivity contribution in [2.45, 2.75) is 13.8 Å².